The van der Waals surface area contributed by atoms with Crippen LogP contribution in [0.2, 0.25) is 0 Å². The first-order valence-electron chi connectivity index (χ1n) is 9.84. The van der Waals surface area contributed by atoms with Crippen molar-refractivity contribution in [1.29, 1.82) is 5.41 Å². The number of hydrogen-bond acceptors (Lipinski definition) is 6. The summed E-state index contributed by atoms with van der Waals surface area (Å²) in [7, 11) is 0. The average molecular weight is 462 g/mol. The van der Waals surface area contributed by atoms with Gasteiger partial charge in [0.2, 0.25) is 5.43 Å². The third kappa shape index (κ3) is 4.65. The van der Waals surface area contributed by atoms with E-state index in [9.17, 15) is 19.5 Å². The molecule has 33 heavy (non-hydrogen) atoms. The van der Waals surface area contributed by atoms with Crippen molar-refractivity contribution in [3.63, 3.8) is 0 Å². The van der Waals surface area contributed by atoms with Crippen LogP contribution in [0.1, 0.15) is 36.9 Å². The number of amidine groups is 1. The maximum atomic E-state index is 12.7. The molecule has 0 aliphatic carbocycles. The second-order valence-corrected chi connectivity index (χ2v) is 8.24. The smallest absolute Gasteiger partial charge is 0.341 e. The van der Waals surface area contributed by atoms with Gasteiger partial charge in [0, 0.05) is 40.8 Å². The van der Waals surface area contributed by atoms with Crippen LogP contribution in [0.5, 0.6) is 0 Å². The third-order valence-electron chi connectivity index (χ3n) is 5.08. The van der Waals surface area contributed by atoms with Crippen LogP contribution in [0.15, 0.2) is 65.0 Å². The number of thiazole rings is 1. The number of nitrogens with one attached hydrogen (secondary N) is 2. The fourth-order valence-electron chi connectivity index (χ4n) is 3.39. The van der Waals surface area contributed by atoms with E-state index in [1.807, 2.05) is 5.38 Å². The number of amides is 1. The molecule has 0 atom stereocenters. The second-order valence-electron chi connectivity index (χ2n) is 7.26. The Morgan fingerprint density at radius 3 is 2.52 bits per heavy atom. The predicted octanol–water partition coefficient (Wildman–Crippen LogP) is 2.42. The highest BCUT2D eigenvalue weighted by Gasteiger charge is 2.16. The first-order valence-corrected chi connectivity index (χ1v) is 10.7. The molecule has 4 rings (SSSR count). The van der Waals surface area contributed by atoms with Gasteiger partial charge >= 0.3 is 5.97 Å². The molecule has 4 aromatic rings. The number of benzene rings is 2. The maximum absolute atomic E-state index is 12.7. The number of rotatable bonds is 7. The van der Waals surface area contributed by atoms with E-state index in [1.54, 1.807) is 53.2 Å². The summed E-state index contributed by atoms with van der Waals surface area (Å²) >= 11 is 1.43. The normalized spacial score (nSPS) is 10.8. The number of hydrogen-bond donors (Lipinski definition) is 4. The Morgan fingerprint density at radius 2 is 1.88 bits per heavy atom. The quantitative estimate of drug-likeness (QED) is 0.245. The zero-order valence-corrected chi connectivity index (χ0v) is 18.1. The molecule has 0 radical (unpaired) electrons. The van der Waals surface area contributed by atoms with Crippen LogP contribution >= 0.6 is 11.3 Å². The minimum absolute atomic E-state index is 0.0760. The lowest BCUT2D eigenvalue weighted by molar-refractivity contribution is 0.0694. The fraction of sp³-hybridized carbons (Fsp3) is 0.0870. The Morgan fingerprint density at radius 1 is 1.15 bits per heavy atom. The van der Waals surface area contributed by atoms with Crippen LogP contribution in [0.3, 0.4) is 0 Å². The molecule has 0 fully saturated rings. The van der Waals surface area contributed by atoms with Gasteiger partial charge in [-0.2, -0.15) is 0 Å². The molecule has 0 spiro atoms. The minimum atomic E-state index is -1.29. The molecule has 2 aromatic heterocycles. The lowest BCUT2D eigenvalue weighted by atomic mass is 10.1. The summed E-state index contributed by atoms with van der Waals surface area (Å²) in [6.45, 7) is 0.516. The van der Waals surface area contributed by atoms with Crippen LogP contribution in [0.4, 0.5) is 0 Å². The van der Waals surface area contributed by atoms with Gasteiger partial charge in [0.25, 0.3) is 5.91 Å². The molecule has 2 aromatic carbocycles. The summed E-state index contributed by atoms with van der Waals surface area (Å²) in [6.07, 6.45) is 2.99. The molecule has 0 saturated heterocycles. The van der Waals surface area contributed by atoms with Gasteiger partial charge in [0.05, 0.1) is 12.1 Å². The monoisotopic (exact) mass is 461 g/mol. The van der Waals surface area contributed by atoms with Crippen molar-refractivity contribution in [2.75, 3.05) is 0 Å². The Labute approximate surface area is 191 Å². The molecule has 0 unspecified atom stereocenters. The van der Waals surface area contributed by atoms with Crippen LogP contribution in [-0.4, -0.2) is 32.4 Å². The van der Waals surface area contributed by atoms with Crippen LogP contribution in [0.25, 0.3) is 10.9 Å². The van der Waals surface area contributed by atoms with Crippen molar-refractivity contribution < 1.29 is 14.7 Å². The molecule has 166 valence electrons. The minimum Gasteiger partial charge on any atom is -0.477 e. The van der Waals surface area contributed by atoms with Crippen molar-refractivity contribution in [1.82, 2.24) is 14.9 Å². The lowest BCUT2D eigenvalue weighted by Crippen LogP contribution is -2.23. The Bertz CT molecular complexity index is 1430. The number of carbonyl (C=O) groups excluding carboxylic acids is 1. The van der Waals surface area contributed by atoms with Crippen molar-refractivity contribution in [2.24, 2.45) is 5.73 Å². The van der Waals surface area contributed by atoms with E-state index in [0.717, 1.165) is 10.6 Å². The Kier molecular flexibility index (Phi) is 6.01. The van der Waals surface area contributed by atoms with E-state index < -0.39 is 11.4 Å². The number of nitrogens with two attached hydrogens (primary N) is 1. The summed E-state index contributed by atoms with van der Waals surface area (Å²) in [4.78, 5) is 41.0. The van der Waals surface area contributed by atoms with E-state index >= 15 is 0 Å². The SMILES string of the molecule is N=C(N)c1ccc(C(=O)NCc2ccc3c(=O)c(C(=O)O)cn(Cc4nccs4)c3c2)cc1. The highest BCUT2D eigenvalue weighted by molar-refractivity contribution is 7.09. The fourth-order valence-corrected chi connectivity index (χ4v) is 4.01. The molecule has 0 saturated carbocycles. The summed E-state index contributed by atoms with van der Waals surface area (Å²) in [5.74, 6) is -1.67. The third-order valence-corrected chi connectivity index (χ3v) is 5.84. The highest BCUT2D eigenvalue weighted by Crippen LogP contribution is 2.18. The van der Waals surface area contributed by atoms with Crippen molar-refractivity contribution in [3.05, 3.63) is 97.7 Å². The number of nitrogen functional groups attached to an aromatic ring is 1. The number of carboxylic acids is 1. The summed E-state index contributed by atoms with van der Waals surface area (Å²) in [5, 5.41) is 22.5. The van der Waals surface area contributed by atoms with Crippen LogP contribution in [-0.2, 0) is 13.1 Å². The molecular weight excluding hydrogens is 442 g/mol. The number of aromatic nitrogens is 2. The zero-order valence-electron chi connectivity index (χ0n) is 17.2. The maximum Gasteiger partial charge on any atom is 0.341 e. The van der Waals surface area contributed by atoms with Crippen molar-refractivity contribution >= 4 is 40.0 Å². The van der Waals surface area contributed by atoms with E-state index in [1.165, 1.54) is 17.5 Å². The van der Waals surface area contributed by atoms with Gasteiger partial charge in [-0.1, -0.05) is 18.2 Å². The van der Waals surface area contributed by atoms with Gasteiger partial charge < -0.3 is 20.7 Å². The predicted molar refractivity (Wildman–Crippen MR) is 125 cm³/mol. The van der Waals surface area contributed by atoms with Crippen LogP contribution in [0, 0.1) is 5.41 Å². The van der Waals surface area contributed by atoms with Crippen molar-refractivity contribution in [2.45, 2.75) is 13.1 Å². The molecule has 9 nitrogen and oxygen atoms in total. The molecule has 2 heterocycles. The first kappa shape index (κ1) is 21.9. The Hall–Kier alpha value is -4.31. The number of pyridine rings is 1. The van der Waals surface area contributed by atoms with Gasteiger partial charge in [-0.15, -0.1) is 11.3 Å². The second kappa shape index (κ2) is 9.05. The Balaban J connectivity index is 1.63. The number of fused-ring (bicyclic) bond motifs is 1. The van der Waals surface area contributed by atoms with Crippen LogP contribution < -0.4 is 16.5 Å². The summed E-state index contributed by atoms with van der Waals surface area (Å²) in [6, 6.07) is 11.4. The number of nitrogens with zero attached hydrogens (tertiary/aromatic N) is 2. The van der Waals surface area contributed by atoms with Gasteiger partial charge in [0.1, 0.15) is 16.4 Å². The number of aromatic carboxylic acids is 1. The van der Waals surface area contributed by atoms with E-state index in [2.05, 4.69) is 10.3 Å². The standard InChI is InChI=1S/C23H19N5O4S/c24-21(25)14-2-4-15(5-3-14)22(30)27-10-13-1-6-16-18(9-13)28(12-19-26-7-8-33-19)11-17(20(16)29)23(31)32/h1-9,11H,10,12H2,(H3,24,25)(H,27,30)(H,31,32). The van der Waals surface area contributed by atoms with E-state index in [4.69, 9.17) is 11.1 Å². The molecule has 0 bridgehead atoms. The molecule has 5 N–H and O–H groups in total. The van der Waals surface area contributed by atoms with E-state index in [-0.39, 0.29) is 29.2 Å². The summed E-state index contributed by atoms with van der Waals surface area (Å²) < 4.78 is 1.69. The zero-order chi connectivity index (χ0) is 23.5. The van der Waals surface area contributed by atoms with E-state index in [0.29, 0.717) is 23.2 Å². The highest BCUT2D eigenvalue weighted by atomic mass is 32.1. The van der Waals surface area contributed by atoms with Gasteiger partial charge in [-0.05, 0) is 29.8 Å². The van der Waals surface area contributed by atoms with Gasteiger partial charge in [-0.25, -0.2) is 9.78 Å². The summed E-state index contributed by atoms with van der Waals surface area (Å²) in [5.41, 5.74) is 6.81. The average Bonchev–Trinajstić information content (AvgIpc) is 3.32. The molecule has 1 amide bonds. The topological polar surface area (TPSA) is 151 Å². The van der Waals surface area contributed by atoms with Gasteiger partial charge in [-0.3, -0.25) is 15.0 Å². The molecule has 10 heteroatoms. The number of carboxylic acid groups (broad SMARTS) is 1. The molecular formula is C23H19N5O4S. The van der Waals surface area contributed by atoms with Gasteiger partial charge in [0.15, 0.2) is 0 Å². The lowest BCUT2D eigenvalue weighted by Gasteiger charge is -2.13. The number of carbonyl (C=O) groups is 2. The van der Waals surface area contributed by atoms with Crippen molar-refractivity contribution in [3.8, 4) is 0 Å². The first-order chi connectivity index (χ1) is 15.8. The molecule has 0 aliphatic rings. The molecule has 0 aliphatic heterocycles. The largest absolute Gasteiger partial charge is 0.477 e.